The number of methoxy groups -OCH3 is 1. The standard InChI is InChI=1S/C19H23N3O3/c1-4-5-12-22(2)18(23)14-10-11-20-17(13-14)21-16-9-7-6-8-15(16)19(24)25-3/h6-11,13H,4-5,12H2,1-3H3,(H,20,21). The van der Waals surface area contributed by atoms with Crippen LogP contribution in [0.4, 0.5) is 11.5 Å². The highest BCUT2D eigenvalue weighted by molar-refractivity contribution is 5.97. The molecule has 0 aliphatic heterocycles. The number of hydrogen-bond donors (Lipinski definition) is 1. The molecule has 1 aromatic carbocycles. The average molecular weight is 341 g/mol. The summed E-state index contributed by atoms with van der Waals surface area (Å²) in [5, 5.41) is 3.08. The summed E-state index contributed by atoms with van der Waals surface area (Å²) in [6.07, 6.45) is 3.57. The summed E-state index contributed by atoms with van der Waals surface area (Å²) < 4.78 is 4.79. The second-order valence-electron chi connectivity index (χ2n) is 5.67. The average Bonchev–Trinajstić information content (AvgIpc) is 2.65. The van der Waals surface area contributed by atoms with Gasteiger partial charge in [0.15, 0.2) is 0 Å². The van der Waals surface area contributed by atoms with Crippen LogP contribution in [0.2, 0.25) is 0 Å². The largest absolute Gasteiger partial charge is 0.465 e. The van der Waals surface area contributed by atoms with E-state index in [1.54, 1.807) is 48.5 Å². The summed E-state index contributed by atoms with van der Waals surface area (Å²) in [5.41, 5.74) is 1.53. The van der Waals surface area contributed by atoms with E-state index in [-0.39, 0.29) is 5.91 Å². The van der Waals surface area contributed by atoms with E-state index < -0.39 is 5.97 Å². The molecule has 0 radical (unpaired) electrons. The molecule has 0 saturated carbocycles. The predicted octanol–water partition coefficient (Wildman–Crippen LogP) is 3.48. The number of amides is 1. The van der Waals surface area contributed by atoms with Gasteiger partial charge in [0, 0.05) is 25.4 Å². The molecule has 25 heavy (non-hydrogen) atoms. The first-order chi connectivity index (χ1) is 12.1. The first kappa shape index (κ1) is 18.4. The summed E-state index contributed by atoms with van der Waals surface area (Å²) in [7, 11) is 3.13. The Morgan fingerprint density at radius 1 is 1.24 bits per heavy atom. The normalized spacial score (nSPS) is 10.2. The van der Waals surface area contributed by atoms with E-state index in [9.17, 15) is 9.59 Å². The van der Waals surface area contributed by atoms with Crippen LogP contribution in [0.3, 0.4) is 0 Å². The quantitative estimate of drug-likeness (QED) is 0.781. The van der Waals surface area contributed by atoms with E-state index in [1.807, 2.05) is 6.07 Å². The molecule has 2 aromatic rings. The fourth-order valence-electron chi connectivity index (χ4n) is 2.37. The Bertz CT molecular complexity index is 746. The van der Waals surface area contributed by atoms with Gasteiger partial charge in [-0.05, 0) is 30.7 Å². The highest BCUT2D eigenvalue weighted by Crippen LogP contribution is 2.21. The number of rotatable bonds is 7. The first-order valence-corrected chi connectivity index (χ1v) is 8.22. The fourth-order valence-corrected chi connectivity index (χ4v) is 2.37. The molecule has 6 nitrogen and oxygen atoms in total. The third-order valence-corrected chi connectivity index (χ3v) is 3.80. The van der Waals surface area contributed by atoms with Gasteiger partial charge in [0.1, 0.15) is 5.82 Å². The SMILES string of the molecule is CCCCN(C)C(=O)c1ccnc(Nc2ccccc2C(=O)OC)c1. The number of para-hydroxylation sites is 1. The van der Waals surface area contributed by atoms with Crippen molar-refractivity contribution in [3.8, 4) is 0 Å². The highest BCUT2D eigenvalue weighted by Gasteiger charge is 2.14. The van der Waals surface area contributed by atoms with Gasteiger partial charge in [-0.25, -0.2) is 9.78 Å². The maximum absolute atomic E-state index is 12.5. The minimum Gasteiger partial charge on any atom is -0.465 e. The Hall–Kier alpha value is -2.89. The van der Waals surface area contributed by atoms with Gasteiger partial charge in [-0.15, -0.1) is 0 Å². The second-order valence-corrected chi connectivity index (χ2v) is 5.67. The van der Waals surface area contributed by atoms with Crippen LogP contribution in [-0.4, -0.2) is 42.5 Å². The second kappa shape index (κ2) is 8.82. The van der Waals surface area contributed by atoms with Crippen LogP contribution in [0.5, 0.6) is 0 Å². The van der Waals surface area contributed by atoms with Crippen LogP contribution in [0, 0.1) is 0 Å². The third-order valence-electron chi connectivity index (χ3n) is 3.80. The number of esters is 1. The van der Waals surface area contributed by atoms with Crippen LogP contribution in [0.15, 0.2) is 42.6 Å². The Labute approximate surface area is 147 Å². The van der Waals surface area contributed by atoms with Crippen molar-refractivity contribution in [2.75, 3.05) is 26.0 Å². The van der Waals surface area contributed by atoms with E-state index in [4.69, 9.17) is 4.74 Å². The maximum Gasteiger partial charge on any atom is 0.339 e. The molecule has 0 spiro atoms. The van der Waals surface area contributed by atoms with E-state index in [2.05, 4.69) is 17.2 Å². The van der Waals surface area contributed by atoms with Crippen molar-refractivity contribution < 1.29 is 14.3 Å². The van der Waals surface area contributed by atoms with Gasteiger partial charge in [0.05, 0.1) is 18.4 Å². The van der Waals surface area contributed by atoms with Crippen molar-refractivity contribution in [3.05, 3.63) is 53.7 Å². The number of ether oxygens (including phenoxy) is 1. The zero-order valence-electron chi connectivity index (χ0n) is 14.8. The number of carbonyl (C=O) groups is 2. The van der Waals surface area contributed by atoms with Gasteiger partial charge in [0.2, 0.25) is 0 Å². The lowest BCUT2D eigenvalue weighted by Gasteiger charge is -2.17. The Morgan fingerprint density at radius 3 is 2.72 bits per heavy atom. The first-order valence-electron chi connectivity index (χ1n) is 8.22. The van der Waals surface area contributed by atoms with Gasteiger partial charge < -0.3 is 15.0 Å². The lowest BCUT2D eigenvalue weighted by atomic mass is 10.1. The highest BCUT2D eigenvalue weighted by atomic mass is 16.5. The fraction of sp³-hybridized carbons (Fsp3) is 0.316. The molecule has 0 unspecified atom stereocenters. The smallest absolute Gasteiger partial charge is 0.339 e. The van der Waals surface area contributed by atoms with Gasteiger partial charge in [-0.3, -0.25) is 4.79 Å². The maximum atomic E-state index is 12.5. The molecule has 0 atom stereocenters. The molecule has 1 N–H and O–H groups in total. The van der Waals surface area contributed by atoms with E-state index in [0.29, 0.717) is 29.2 Å². The number of anilines is 2. The van der Waals surface area contributed by atoms with Crippen molar-refractivity contribution in [1.29, 1.82) is 0 Å². The van der Waals surface area contributed by atoms with Crippen LogP contribution in [-0.2, 0) is 4.74 Å². The molecule has 0 saturated heterocycles. The van der Waals surface area contributed by atoms with E-state index in [1.165, 1.54) is 7.11 Å². The number of carbonyl (C=O) groups excluding carboxylic acids is 2. The number of benzene rings is 1. The zero-order valence-corrected chi connectivity index (χ0v) is 14.8. The minimum absolute atomic E-state index is 0.0554. The molecule has 0 bridgehead atoms. The van der Waals surface area contributed by atoms with E-state index in [0.717, 1.165) is 12.8 Å². The Morgan fingerprint density at radius 2 is 2.00 bits per heavy atom. The van der Waals surface area contributed by atoms with E-state index >= 15 is 0 Å². The summed E-state index contributed by atoms with van der Waals surface area (Å²) in [6.45, 7) is 2.80. The third kappa shape index (κ3) is 4.79. The molecule has 2 rings (SSSR count). The number of hydrogen-bond acceptors (Lipinski definition) is 5. The van der Waals surface area contributed by atoms with Crippen LogP contribution >= 0.6 is 0 Å². The van der Waals surface area contributed by atoms with Crippen molar-refractivity contribution in [3.63, 3.8) is 0 Å². The van der Waals surface area contributed by atoms with Crippen molar-refractivity contribution in [2.24, 2.45) is 0 Å². The molecule has 0 aliphatic carbocycles. The van der Waals surface area contributed by atoms with Crippen molar-refractivity contribution in [1.82, 2.24) is 9.88 Å². The van der Waals surface area contributed by atoms with Crippen LogP contribution in [0.25, 0.3) is 0 Å². The van der Waals surface area contributed by atoms with Crippen molar-refractivity contribution in [2.45, 2.75) is 19.8 Å². The minimum atomic E-state index is -0.436. The summed E-state index contributed by atoms with van der Waals surface area (Å²) in [4.78, 5) is 30.2. The molecule has 1 aromatic heterocycles. The number of pyridine rings is 1. The number of nitrogens with one attached hydrogen (secondary N) is 1. The molecule has 0 aliphatic rings. The van der Waals surface area contributed by atoms with Crippen LogP contribution < -0.4 is 5.32 Å². The molecular formula is C19H23N3O3. The van der Waals surface area contributed by atoms with Gasteiger partial charge in [-0.2, -0.15) is 0 Å². The molecule has 1 amide bonds. The molecule has 6 heteroatoms. The Balaban J connectivity index is 2.20. The van der Waals surface area contributed by atoms with Crippen molar-refractivity contribution >= 4 is 23.4 Å². The molecular weight excluding hydrogens is 318 g/mol. The summed E-state index contributed by atoms with van der Waals surface area (Å²) in [5.74, 6) is 0.000813. The van der Waals surface area contributed by atoms with Gasteiger partial charge >= 0.3 is 5.97 Å². The monoisotopic (exact) mass is 341 g/mol. The molecule has 0 fully saturated rings. The Kier molecular flexibility index (Phi) is 6.51. The molecule has 132 valence electrons. The van der Waals surface area contributed by atoms with Gasteiger partial charge in [0.25, 0.3) is 5.91 Å². The molecule has 1 heterocycles. The van der Waals surface area contributed by atoms with Crippen LogP contribution in [0.1, 0.15) is 40.5 Å². The topological polar surface area (TPSA) is 71.5 Å². The summed E-state index contributed by atoms with van der Waals surface area (Å²) in [6, 6.07) is 10.4. The summed E-state index contributed by atoms with van der Waals surface area (Å²) >= 11 is 0. The number of aromatic nitrogens is 1. The van der Waals surface area contributed by atoms with Gasteiger partial charge in [-0.1, -0.05) is 25.5 Å². The zero-order chi connectivity index (χ0) is 18.2. The predicted molar refractivity (Wildman–Crippen MR) is 97.2 cm³/mol. The lowest BCUT2D eigenvalue weighted by Crippen LogP contribution is -2.27. The number of nitrogens with zero attached hydrogens (tertiary/aromatic N) is 2. The number of unbranched alkanes of at least 4 members (excludes halogenated alkanes) is 1. The lowest BCUT2D eigenvalue weighted by molar-refractivity contribution is 0.0601.